The van der Waals surface area contributed by atoms with Gasteiger partial charge < -0.3 is 36.6 Å². The summed E-state index contributed by atoms with van der Waals surface area (Å²) in [5, 5.41) is 46.8. The average molecular weight is 776 g/mol. The van der Waals surface area contributed by atoms with Crippen LogP contribution in [-0.2, 0) is 17.4 Å². The minimum Gasteiger partial charge on any atom is -0.507 e. The molecule has 0 aliphatic heterocycles. The van der Waals surface area contributed by atoms with Crippen LogP contribution in [0.3, 0.4) is 0 Å². The molecular weight excluding hydrogens is 683 g/mol. The van der Waals surface area contributed by atoms with Crippen LogP contribution in [0, 0.1) is 35.5 Å². The molecule has 6 atom stereocenters. The number of hydrogen-bond acceptors (Lipinski definition) is 8. The molecule has 0 aliphatic rings. The van der Waals surface area contributed by atoms with Gasteiger partial charge in [0.1, 0.15) is 5.75 Å². The molecule has 0 heterocycles. The van der Waals surface area contributed by atoms with E-state index >= 15 is 0 Å². The second kappa shape index (κ2) is 26.7. The van der Waals surface area contributed by atoms with E-state index in [-0.39, 0.29) is 23.0 Å². The van der Waals surface area contributed by atoms with Crippen LogP contribution in [0.1, 0.15) is 152 Å². The molecule has 0 bridgehead atoms. The highest BCUT2D eigenvalue weighted by Gasteiger charge is 2.27. The van der Waals surface area contributed by atoms with Gasteiger partial charge in [-0.25, -0.2) is 0 Å². The molecule has 0 radical (unpaired) electrons. The molecule has 8 heteroatoms. The molecule has 0 saturated heterocycles. The molecule has 0 amide bonds. The summed E-state index contributed by atoms with van der Waals surface area (Å²) in [6.45, 7) is 40.5. The summed E-state index contributed by atoms with van der Waals surface area (Å²) in [7, 11) is 0. The molecule has 7 N–H and O–H groups in total. The molecule has 6 unspecified atom stereocenters. The molecule has 324 valence electrons. The van der Waals surface area contributed by atoms with E-state index in [0.29, 0.717) is 42.5 Å². The van der Waals surface area contributed by atoms with Crippen LogP contribution in [0.4, 0.5) is 0 Å². The van der Waals surface area contributed by atoms with E-state index in [9.17, 15) is 15.3 Å². The first-order valence-electron chi connectivity index (χ1n) is 22.4. The summed E-state index contributed by atoms with van der Waals surface area (Å²) < 4.78 is 0. The predicted molar refractivity (Wildman–Crippen MR) is 238 cm³/mol. The van der Waals surface area contributed by atoms with Crippen molar-refractivity contribution >= 4 is 0 Å². The van der Waals surface area contributed by atoms with Gasteiger partial charge in [-0.3, -0.25) is 4.90 Å². The van der Waals surface area contributed by atoms with Crippen LogP contribution in [0.5, 0.6) is 5.75 Å². The van der Waals surface area contributed by atoms with Crippen molar-refractivity contribution in [3.63, 3.8) is 0 Å². The van der Waals surface area contributed by atoms with Crippen molar-refractivity contribution in [2.75, 3.05) is 65.4 Å². The van der Waals surface area contributed by atoms with Crippen molar-refractivity contribution in [1.29, 1.82) is 0 Å². The van der Waals surface area contributed by atoms with Crippen LogP contribution in [-0.4, -0.2) is 97.9 Å². The lowest BCUT2D eigenvalue weighted by atomic mass is 9.78. The summed E-state index contributed by atoms with van der Waals surface area (Å²) in [6, 6.07) is 4.41. The molecule has 0 aromatic heterocycles. The van der Waals surface area contributed by atoms with Gasteiger partial charge >= 0.3 is 0 Å². The number of rotatable bonds is 30. The van der Waals surface area contributed by atoms with Crippen molar-refractivity contribution in [1.82, 2.24) is 26.2 Å². The lowest BCUT2D eigenvalue weighted by Gasteiger charge is -2.30. The fourth-order valence-electron chi connectivity index (χ4n) is 8.54. The van der Waals surface area contributed by atoms with Crippen molar-refractivity contribution in [2.45, 2.75) is 165 Å². The van der Waals surface area contributed by atoms with Gasteiger partial charge in [-0.05, 0) is 102 Å². The SMILES string of the molecule is CC(C)CC(C)CC(C)CC(O)CNCCNCCNCCN(CCNCC(O)CC(C)CC(C)CC(C)C)Cc1cc(C(C)(C)C)c(O)c(C(C)(C)C)c1. The Bertz CT molecular complexity index is 1100. The zero-order valence-electron chi connectivity index (χ0n) is 38.6. The molecule has 0 spiro atoms. The second-order valence-electron chi connectivity index (χ2n) is 20.7. The zero-order chi connectivity index (χ0) is 41.8. The topological polar surface area (TPSA) is 112 Å². The number of phenolic OH excluding ortho intramolecular Hbond substituents is 1. The van der Waals surface area contributed by atoms with E-state index in [0.717, 1.165) is 94.7 Å². The third kappa shape index (κ3) is 24.3. The Labute approximate surface area is 341 Å². The van der Waals surface area contributed by atoms with Crippen LogP contribution in [0.15, 0.2) is 12.1 Å². The maximum Gasteiger partial charge on any atom is 0.123 e. The molecular formula is C47H93N5O3. The number of aliphatic hydroxyl groups is 2. The monoisotopic (exact) mass is 776 g/mol. The van der Waals surface area contributed by atoms with E-state index in [2.05, 4.69) is 135 Å². The molecule has 1 rings (SSSR count). The Hall–Kier alpha value is -1.26. The van der Waals surface area contributed by atoms with Gasteiger partial charge in [-0.1, -0.05) is 109 Å². The summed E-state index contributed by atoms with van der Waals surface area (Å²) in [4.78, 5) is 2.49. The van der Waals surface area contributed by atoms with E-state index in [4.69, 9.17) is 0 Å². The number of phenols is 1. The van der Waals surface area contributed by atoms with Crippen LogP contribution < -0.4 is 21.3 Å². The van der Waals surface area contributed by atoms with E-state index < -0.39 is 0 Å². The highest BCUT2D eigenvalue weighted by molar-refractivity contribution is 5.49. The summed E-state index contributed by atoms with van der Waals surface area (Å²) in [5.41, 5.74) is 2.90. The lowest BCUT2D eigenvalue weighted by molar-refractivity contribution is 0.134. The smallest absolute Gasteiger partial charge is 0.123 e. The number of nitrogens with zero attached hydrogens (tertiary/aromatic N) is 1. The van der Waals surface area contributed by atoms with E-state index in [1.54, 1.807) is 0 Å². The van der Waals surface area contributed by atoms with Crippen molar-refractivity contribution in [3.8, 4) is 5.75 Å². The number of nitrogens with one attached hydrogen (secondary N) is 4. The van der Waals surface area contributed by atoms with Crippen LogP contribution in [0.2, 0.25) is 0 Å². The van der Waals surface area contributed by atoms with Gasteiger partial charge in [0.05, 0.1) is 12.2 Å². The highest BCUT2D eigenvalue weighted by atomic mass is 16.3. The van der Waals surface area contributed by atoms with Crippen LogP contribution >= 0.6 is 0 Å². The Morgan fingerprint density at radius 3 is 1.25 bits per heavy atom. The van der Waals surface area contributed by atoms with Gasteiger partial charge in [0.25, 0.3) is 0 Å². The standard InChI is InChI=1S/C47H93N5O3/c1-34(2)23-36(5)25-38(7)27-41(53)31-50-18-17-48-15-16-49-19-21-52(22-20-51-32-42(54)28-39(8)26-37(6)24-35(3)4)33-40-29-43(46(9,10)11)45(55)44(30-40)47(12,13)14/h29-30,34-39,41-42,48-51,53-55H,15-28,31-33H2,1-14H3. The Morgan fingerprint density at radius 2 is 0.855 bits per heavy atom. The third-order valence-corrected chi connectivity index (χ3v) is 10.8. The van der Waals surface area contributed by atoms with E-state index in [1.807, 2.05) is 0 Å². The van der Waals surface area contributed by atoms with Gasteiger partial charge in [0.15, 0.2) is 0 Å². The number of aromatic hydroxyl groups is 1. The normalized spacial score (nSPS) is 16.2. The first-order valence-corrected chi connectivity index (χ1v) is 22.4. The fraction of sp³-hybridized carbons (Fsp3) is 0.872. The molecule has 55 heavy (non-hydrogen) atoms. The summed E-state index contributed by atoms with van der Waals surface area (Å²) >= 11 is 0. The predicted octanol–water partition coefficient (Wildman–Crippen LogP) is 8.07. The Kier molecular flexibility index (Phi) is 25.1. The molecule has 0 saturated carbocycles. The zero-order valence-corrected chi connectivity index (χ0v) is 38.6. The molecule has 8 nitrogen and oxygen atoms in total. The summed E-state index contributed by atoms with van der Waals surface area (Å²) in [5.74, 6) is 4.35. The first kappa shape index (κ1) is 51.8. The van der Waals surface area contributed by atoms with Gasteiger partial charge in [0.2, 0.25) is 0 Å². The fourth-order valence-corrected chi connectivity index (χ4v) is 8.54. The number of hydrogen-bond donors (Lipinski definition) is 7. The molecule has 1 aromatic carbocycles. The number of aliphatic hydroxyl groups excluding tert-OH is 2. The van der Waals surface area contributed by atoms with Gasteiger partial charge in [0, 0.05) is 72.0 Å². The first-order chi connectivity index (χ1) is 25.6. The van der Waals surface area contributed by atoms with Gasteiger partial charge in [-0.15, -0.1) is 0 Å². The van der Waals surface area contributed by atoms with Gasteiger partial charge in [-0.2, -0.15) is 0 Å². The molecule has 0 aliphatic carbocycles. The Balaban J connectivity index is 2.64. The van der Waals surface area contributed by atoms with Crippen LogP contribution in [0.25, 0.3) is 0 Å². The second-order valence-corrected chi connectivity index (χ2v) is 20.7. The third-order valence-electron chi connectivity index (χ3n) is 10.8. The maximum absolute atomic E-state index is 11.3. The van der Waals surface area contributed by atoms with E-state index in [1.165, 1.54) is 31.2 Å². The number of benzene rings is 1. The minimum absolute atomic E-state index is 0.166. The highest BCUT2D eigenvalue weighted by Crippen LogP contribution is 2.40. The minimum atomic E-state index is -0.332. The maximum atomic E-state index is 11.3. The summed E-state index contributed by atoms with van der Waals surface area (Å²) in [6.07, 6.45) is 5.95. The Morgan fingerprint density at radius 1 is 0.509 bits per heavy atom. The average Bonchev–Trinajstić information content (AvgIpc) is 3.02. The van der Waals surface area contributed by atoms with Crippen molar-refractivity contribution in [2.24, 2.45) is 35.5 Å². The quantitative estimate of drug-likeness (QED) is 0.0394. The molecule has 1 aromatic rings. The van der Waals surface area contributed by atoms with Crippen molar-refractivity contribution in [3.05, 3.63) is 28.8 Å². The van der Waals surface area contributed by atoms with Crippen molar-refractivity contribution < 1.29 is 15.3 Å². The molecule has 0 fully saturated rings. The lowest BCUT2D eigenvalue weighted by Crippen LogP contribution is -2.40. The largest absolute Gasteiger partial charge is 0.507 e.